The first kappa shape index (κ1) is 11.4. The van der Waals surface area contributed by atoms with E-state index in [9.17, 15) is 0 Å². The van der Waals surface area contributed by atoms with Gasteiger partial charge in [-0.2, -0.15) is 10.4 Å². The van der Waals surface area contributed by atoms with Gasteiger partial charge < -0.3 is 10.1 Å². The minimum Gasteiger partial charge on any atom is -0.384 e. The molecule has 1 atom stereocenters. The van der Waals surface area contributed by atoms with Gasteiger partial charge in [-0.15, -0.1) is 5.10 Å². The van der Waals surface area contributed by atoms with Gasteiger partial charge in [0.15, 0.2) is 5.82 Å². The van der Waals surface area contributed by atoms with Gasteiger partial charge in [0, 0.05) is 13.7 Å². The summed E-state index contributed by atoms with van der Waals surface area (Å²) in [6, 6.07) is 3.69. The highest BCUT2D eigenvalue weighted by Gasteiger charge is 2.05. The van der Waals surface area contributed by atoms with Crippen LogP contribution in [0.1, 0.15) is 12.5 Å². The molecule has 1 heterocycles. The molecule has 5 nitrogen and oxygen atoms in total. The summed E-state index contributed by atoms with van der Waals surface area (Å²) >= 11 is 0. The van der Waals surface area contributed by atoms with Crippen LogP contribution in [-0.4, -0.2) is 30.5 Å². The molecule has 1 aromatic heterocycles. The molecule has 0 fully saturated rings. The molecule has 1 aromatic rings. The van der Waals surface area contributed by atoms with E-state index in [1.165, 1.54) is 6.20 Å². The SMILES string of the molecule is COCC(C)CNc1nnccc1C#N. The quantitative estimate of drug-likeness (QED) is 0.779. The van der Waals surface area contributed by atoms with Crippen molar-refractivity contribution in [2.24, 2.45) is 5.92 Å². The Balaban J connectivity index is 2.54. The Morgan fingerprint density at radius 3 is 3.13 bits per heavy atom. The molecule has 5 heteroatoms. The molecule has 15 heavy (non-hydrogen) atoms. The van der Waals surface area contributed by atoms with E-state index >= 15 is 0 Å². The summed E-state index contributed by atoms with van der Waals surface area (Å²) < 4.78 is 5.01. The van der Waals surface area contributed by atoms with E-state index in [0.717, 1.165) is 0 Å². The topological polar surface area (TPSA) is 70.8 Å². The van der Waals surface area contributed by atoms with Crippen LogP contribution in [0.4, 0.5) is 5.82 Å². The van der Waals surface area contributed by atoms with Crippen LogP contribution in [0.2, 0.25) is 0 Å². The normalized spacial score (nSPS) is 11.8. The molecular weight excluding hydrogens is 192 g/mol. The number of nitrogens with one attached hydrogen (secondary N) is 1. The van der Waals surface area contributed by atoms with Crippen molar-refractivity contribution in [1.82, 2.24) is 10.2 Å². The highest BCUT2D eigenvalue weighted by atomic mass is 16.5. The minimum absolute atomic E-state index is 0.364. The average Bonchev–Trinajstić information content (AvgIpc) is 2.27. The number of hydrogen-bond acceptors (Lipinski definition) is 5. The largest absolute Gasteiger partial charge is 0.384 e. The predicted octanol–water partition coefficient (Wildman–Crippen LogP) is 1.04. The van der Waals surface area contributed by atoms with E-state index < -0.39 is 0 Å². The summed E-state index contributed by atoms with van der Waals surface area (Å²) in [5, 5.41) is 19.5. The van der Waals surface area contributed by atoms with Crippen LogP contribution in [0.3, 0.4) is 0 Å². The second kappa shape index (κ2) is 5.94. The maximum Gasteiger partial charge on any atom is 0.166 e. The molecule has 0 bridgehead atoms. The van der Waals surface area contributed by atoms with Gasteiger partial charge in [-0.3, -0.25) is 0 Å². The number of nitrogens with zero attached hydrogens (tertiary/aromatic N) is 3. The smallest absolute Gasteiger partial charge is 0.166 e. The molecule has 80 valence electrons. The van der Waals surface area contributed by atoms with E-state index in [0.29, 0.717) is 30.5 Å². The van der Waals surface area contributed by atoms with E-state index in [1.54, 1.807) is 13.2 Å². The van der Waals surface area contributed by atoms with Crippen LogP contribution in [0.5, 0.6) is 0 Å². The van der Waals surface area contributed by atoms with Crippen LogP contribution in [0, 0.1) is 17.2 Å². The zero-order chi connectivity index (χ0) is 11.1. The van der Waals surface area contributed by atoms with Gasteiger partial charge in [-0.25, -0.2) is 0 Å². The van der Waals surface area contributed by atoms with Crippen molar-refractivity contribution in [2.45, 2.75) is 6.92 Å². The molecule has 0 saturated heterocycles. The third-order valence-corrected chi connectivity index (χ3v) is 1.91. The van der Waals surface area contributed by atoms with Gasteiger partial charge >= 0.3 is 0 Å². The Morgan fingerprint density at radius 1 is 1.67 bits per heavy atom. The summed E-state index contributed by atoms with van der Waals surface area (Å²) in [6.45, 7) is 3.44. The molecule has 0 saturated carbocycles. The third kappa shape index (κ3) is 3.52. The highest BCUT2D eigenvalue weighted by Crippen LogP contribution is 2.08. The van der Waals surface area contributed by atoms with Gasteiger partial charge in [0.1, 0.15) is 6.07 Å². The molecule has 0 aliphatic heterocycles. The Labute approximate surface area is 89.1 Å². The highest BCUT2D eigenvalue weighted by molar-refractivity contribution is 5.49. The zero-order valence-electron chi connectivity index (χ0n) is 8.90. The molecular formula is C10H14N4O. The maximum absolute atomic E-state index is 8.80. The lowest BCUT2D eigenvalue weighted by Crippen LogP contribution is -2.17. The van der Waals surface area contributed by atoms with Crippen LogP contribution in [0.25, 0.3) is 0 Å². The molecule has 1 unspecified atom stereocenters. The minimum atomic E-state index is 0.364. The average molecular weight is 206 g/mol. The molecule has 0 aromatic carbocycles. The van der Waals surface area contributed by atoms with Gasteiger partial charge in [0.25, 0.3) is 0 Å². The van der Waals surface area contributed by atoms with Crippen molar-refractivity contribution in [3.8, 4) is 6.07 Å². The molecule has 1 rings (SSSR count). The summed E-state index contributed by atoms with van der Waals surface area (Å²) in [7, 11) is 1.67. The van der Waals surface area contributed by atoms with Crippen molar-refractivity contribution in [2.75, 3.05) is 25.6 Å². The van der Waals surface area contributed by atoms with Gasteiger partial charge in [-0.05, 0) is 12.0 Å². The summed E-state index contributed by atoms with van der Waals surface area (Å²) in [6.07, 6.45) is 1.50. The number of aromatic nitrogens is 2. The summed E-state index contributed by atoms with van der Waals surface area (Å²) in [4.78, 5) is 0. The lowest BCUT2D eigenvalue weighted by Gasteiger charge is -2.11. The first-order valence-electron chi connectivity index (χ1n) is 4.72. The predicted molar refractivity (Wildman–Crippen MR) is 56.3 cm³/mol. The number of hydrogen-bond donors (Lipinski definition) is 1. The second-order valence-corrected chi connectivity index (χ2v) is 3.35. The standard InChI is InChI=1S/C10H14N4O/c1-8(7-15-2)6-12-10-9(5-11)3-4-13-14-10/h3-4,8H,6-7H2,1-2H3,(H,12,14). The number of ether oxygens (including phenoxy) is 1. The fourth-order valence-electron chi connectivity index (χ4n) is 1.17. The second-order valence-electron chi connectivity index (χ2n) is 3.35. The van der Waals surface area contributed by atoms with Gasteiger partial charge in [0.2, 0.25) is 0 Å². The van der Waals surface area contributed by atoms with E-state index in [-0.39, 0.29) is 0 Å². The summed E-state index contributed by atoms with van der Waals surface area (Å²) in [5.41, 5.74) is 0.509. The van der Waals surface area contributed by atoms with Crippen LogP contribution >= 0.6 is 0 Å². The van der Waals surface area contributed by atoms with Crippen molar-refractivity contribution in [3.63, 3.8) is 0 Å². The Kier molecular flexibility index (Phi) is 4.51. The zero-order valence-corrected chi connectivity index (χ0v) is 8.90. The van der Waals surface area contributed by atoms with Crippen LogP contribution < -0.4 is 5.32 Å². The van der Waals surface area contributed by atoms with Crippen molar-refractivity contribution >= 4 is 5.82 Å². The Morgan fingerprint density at radius 2 is 2.47 bits per heavy atom. The number of rotatable bonds is 5. The van der Waals surface area contributed by atoms with Crippen molar-refractivity contribution < 1.29 is 4.74 Å². The maximum atomic E-state index is 8.80. The molecule has 0 radical (unpaired) electrons. The first-order valence-corrected chi connectivity index (χ1v) is 4.72. The van der Waals surface area contributed by atoms with E-state index in [2.05, 4.69) is 28.5 Å². The fourth-order valence-corrected chi connectivity index (χ4v) is 1.17. The van der Waals surface area contributed by atoms with E-state index in [1.807, 2.05) is 0 Å². The molecule has 1 N–H and O–H groups in total. The lowest BCUT2D eigenvalue weighted by atomic mass is 10.2. The first-order chi connectivity index (χ1) is 7.27. The molecule has 0 amide bonds. The Bertz CT molecular complexity index is 348. The van der Waals surface area contributed by atoms with E-state index in [4.69, 9.17) is 10.00 Å². The third-order valence-electron chi connectivity index (χ3n) is 1.91. The Hall–Kier alpha value is -1.67. The monoisotopic (exact) mass is 206 g/mol. The van der Waals surface area contributed by atoms with Crippen molar-refractivity contribution in [1.29, 1.82) is 5.26 Å². The number of anilines is 1. The van der Waals surface area contributed by atoms with Gasteiger partial charge in [0.05, 0.1) is 18.4 Å². The van der Waals surface area contributed by atoms with Gasteiger partial charge in [-0.1, -0.05) is 6.92 Å². The lowest BCUT2D eigenvalue weighted by molar-refractivity contribution is 0.164. The summed E-state index contributed by atoms with van der Waals surface area (Å²) in [5.74, 6) is 0.895. The van der Waals surface area contributed by atoms with Crippen LogP contribution in [-0.2, 0) is 4.74 Å². The number of methoxy groups -OCH3 is 1. The molecule has 0 spiro atoms. The van der Waals surface area contributed by atoms with Crippen LogP contribution in [0.15, 0.2) is 12.3 Å². The van der Waals surface area contributed by atoms with Crippen molar-refractivity contribution in [3.05, 3.63) is 17.8 Å². The number of nitriles is 1. The molecule has 0 aliphatic rings. The fraction of sp³-hybridized carbons (Fsp3) is 0.500. The molecule has 0 aliphatic carbocycles.